The molecular weight excluding hydrogens is 354 g/mol. The summed E-state index contributed by atoms with van der Waals surface area (Å²) in [6.07, 6.45) is 4.87. The van der Waals surface area contributed by atoms with E-state index < -0.39 is 4.92 Å². The molecule has 1 amide bonds. The van der Waals surface area contributed by atoms with Gasteiger partial charge >= 0.3 is 0 Å². The number of carbonyl (C=O) groups is 1. The van der Waals surface area contributed by atoms with Crippen LogP contribution in [0.4, 0.5) is 5.69 Å². The van der Waals surface area contributed by atoms with Crippen molar-refractivity contribution in [2.75, 3.05) is 13.1 Å². The van der Waals surface area contributed by atoms with Crippen LogP contribution in [0.15, 0.2) is 48.7 Å². The maximum absolute atomic E-state index is 12.9. The second kappa shape index (κ2) is 6.96. The van der Waals surface area contributed by atoms with Gasteiger partial charge in [-0.15, -0.1) is 0 Å². The summed E-state index contributed by atoms with van der Waals surface area (Å²) in [6.45, 7) is 4.80. The number of para-hydroxylation sites is 1. The molecule has 0 saturated carbocycles. The number of nitro benzene ring substituents is 1. The Bertz CT molecular complexity index is 1130. The molecule has 1 aromatic heterocycles. The molecule has 3 aromatic rings. The van der Waals surface area contributed by atoms with Gasteiger partial charge in [-0.2, -0.15) is 0 Å². The number of hydrogen-bond acceptors (Lipinski definition) is 3. The van der Waals surface area contributed by atoms with Gasteiger partial charge in [-0.3, -0.25) is 14.9 Å². The van der Waals surface area contributed by atoms with Gasteiger partial charge in [0.2, 0.25) is 0 Å². The van der Waals surface area contributed by atoms with Crippen LogP contribution in [0.5, 0.6) is 0 Å². The summed E-state index contributed by atoms with van der Waals surface area (Å²) >= 11 is 0. The van der Waals surface area contributed by atoms with Crippen molar-refractivity contribution >= 4 is 28.1 Å². The Hall–Kier alpha value is -3.41. The van der Waals surface area contributed by atoms with E-state index in [-0.39, 0.29) is 11.6 Å². The summed E-state index contributed by atoms with van der Waals surface area (Å²) in [6, 6.07) is 10.9. The molecule has 2 heterocycles. The molecule has 0 unspecified atom stereocenters. The van der Waals surface area contributed by atoms with Gasteiger partial charge < -0.3 is 9.88 Å². The highest BCUT2D eigenvalue weighted by Gasteiger charge is 2.24. The predicted molar refractivity (Wildman–Crippen MR) is 109 cm³/mol. The lowest BCUT2D eigenvalue weighted by Crippen LogP contribution is -2.35. The van der Waals surface area contributed by atoms with Crippen LogP contribution < -0.4 is 0 Å². The molecule has 0 saturated heterocycles. The van der Waals surface area contributed by atoms with Crippen LogP contribution in [0.3, 0.4) is 0 Å². The molecule has 2 aromatic carbocycles. The molecule has 0 fully saturated rings. The molecule has 28 heavy (non-hydrogen) atoms. The van der Waals surface area contributed by atoms with E-state index in [0.717, 1.165) is 11.9 Å². The number of benzene rings is 2. The Kier molecular flexibility index (Phi) is 4.47. The first-order valence-corrected chi connectivity index (χ1v) is 9.26. The number of nitrogens with zero attached hydrogens (tertiary/aromatic N) is 2. The number of aromatic nitrogens is 1. The van der Waals surface area contributed by atoms with E-state index in [2.05, 4.69) is 36.2 Å². The standard InChI is InChI=1S/C22H21N3O3/c1-14-5-3-7-18-19(13-23-21(14)18)16-9-11-24(12-10-16)22(26)17-6-4-8-20(15(17)2)25(27)28/h3-9,13,23H,10-12H2,1-2H3. The van der Waals surface area contributed by atoms with Gasteiger partial charge in [-0.25, -0.2) is 0 Å². The first kappa shape index (κ1) is 18.0. The van der Waals surface area contributed by atoms with Crippen LogP contribution in [0.2, 0.25) is 0 Å². The summed E-state index contributed by atoms with van der Waals surface area (Å²) < 4.78 is 0. The van der Waals surface area contributed by atoms with Crippen molar-refractivity contribution in [1.82, 2.24) is 9.88 Å². The third-order valence-electron chi connectivity index (χ3n) is 5.50. The zero-order valence-electron chi connectivity index (χ0n) is 15.9. The van der Waals surface area contributed by atoms with Crippen molar-refractivity contribution < 1.29 is 9.72 Å². The summed E-state index contributed by atoms with van der Waals surface area (Å²) in [7, 11) is 0. The van der Waals surface area contributed by atoms with E-state index in [9.17, 15) is 14.9 Å². The maximum Gasteiger partial charge on any atom is 0.273 e. The molecule has 0 spiro atoms. The number of fused-ring (bicyclic) bond motifs is 1. The summed E-state index contributed by atoms with van der Waals surface area (Å²) in [5, 5.41) is 12.3. The van der Waals surface area contributed by atoms with Gasteiger partial charge in [0.15, 0.2) is 0 Å². The lowest BCUT2D eigenvalue weighted by Gasteiger charge is -2.27. The Morgan fingerprint density at radius 3 is 2.68 bits per heavy atom. The zero-order chi connectivity index (χ0) is 19.8. The fraction of sp³-hybridized carbons (Fsp3) is 0.227. The number of nitrogens with one attached hydrogen (secondary N) is 1. The number of hydrogen-bond donors (Lipinski definition) is 1. The quantitative estimate of drug-likeness (QED) is 0.536. The highest BCUT2D eigenvalue weighted by Crippen LogP contribution is 2.31. The molecule has 1 N–H and O–H groups in total. The molecule has 1 aliphatic heterocycles. The Labute approximate surface area is 162 Å². The Balaban J connectivity index is 1.59. The predicted octanol–water partition coefficient (Wildman–Crippen LogP) is 4.62. The maximum atomic E-state index is 12.9. The molecule has 6 heteroatoms. The van der Waals surface area contributed by atoms with Gasteiger partial charge in [0.1, 0.15) is 0 Å². The molecular formula is C22H21N3O3. The van der Waals surface area contributed by atoms with E-state index in [1.807, 2.05) is 6.20 Å². The lowest BCUT2D eigenvalue weighted by atomic mass is 9.97. The second-order valence-electron chi connectivity index (χ2n) is 7.14. The molecule has 1 aliphatic rings. The van der Waals surface area contributed by atoms with Crippen molar-refractivity contribution in [3.05, 3.63) is 81.0 Å². The highest BCUT2D eigenvalue weighted by molar-refractivity contribution is 5.98. The third-order valence-corrected chi connectivity index (χ3v) is 5.50. The average molecular weight is 375 g/mol. The Morgan fingerprint density at radius 2 is 1.96 bits per heavy atom. The fourth-order valence-corrected chi connectivity index (χ4v) is 3.89. The van der Waals surface area contributed by atoms with Gasteiger partial charge in [0.25, 0.3) is 11.6 Å². The van der Waals surface area contributed by atoms with E-state index in [1.54, 1.807) is 24.0 Å². The molecule has 0 aliphatic carbocycles. The van der Waals surface area contributed by atoms with Crippen molar-refractivity contribution in [3.8, 4) is 0 Å². The zero-order valence-corrected chi connectivity index (χ0v) is 15.9. The summed E-state index contributed by atoms with van der Waals surface area (Å²) in [5.41, 5.74) is 5.54. The van der Waals surface area contributed by atoms with Crippen molar-refractivity contribution in [2.24, 2.45) is 0 Å². The molecule has 0 atom stereocenters. The largest absolute Gasteiger partial charge is 0.360 e. The molecule has 4 rings (SSSR count). The topological polar surface area (TPSA) is 79.2 Å². The van der Waals surface area contributed by atoms with Crippen LogP contribution in [0.25, 0.3) is 16.5 Å². The smallest absolute Gasteiger partial charge is 0.273 e. The van der Waals surface area contributed by atoms with Crippen LogP contribution in [-0.4, -0.2) is 33.8 Å². The summed E-state index contributed by atoms with van der Waals surface area (Å²) in [4.78, 5) is 28.7. The Morgan fingerprint density at radius 1 is 1.18 bits per heavy atom. The van der Waals surface area contributed by atoms with E-state index in [0.29, 0.717) is 24.2 Å². The van der Waals surface area contributed by atoms with E-state index in [1.165, 1.54) is 28.2 Å². The molecule has 142 valence electrons. The van der Waals surface area contributed by atoms with E-state index >= 15 is 0 Å². The minimum Gasteiger partial charge on any atom is -0.360 e. The number of rotatable bonds is 3. The number of aryl methyl sites for hydroxylation is 1. The third kappa shape index (κ3) is 2.97. The minimum absolute atomic E-state index is 0.0201. The van der Waals surface area contributed by atoms with Gasteiger partial charge in [0.05, 0.1) is 4.92 Å². The average Bonchev–Trinajstić information content (AvgIpc) is 3.13. The number of nitro groups is 1. The first-order valence-electron chi connectivity index (χ1n) is 9.26. The number of carbonyl (C=O) groups excluding carboxylic acids is 1. The van der Waals surface area contributed by atoms with Crippen molar-refractivity contribution in [1.29, 1.82) is 0 Å². The van der Waals surface area contributed by atoms with Crippen LogP contribution in [0, 0.1) is 24.0 Å². The normalized spacial score (nSPS) is 14.2. The fourth-order valence-electron chi connectivity index (χ4n) is 3.89. The first-order chi connectivity index (χ1) is 13.5. The molecule has 6 nitrogen and oxygen atoms in total. The van der Waals surface area contributed by atoms with Gasteiger partial charge in [0, 0.05) is 52.9 Å². The number of H-pyrrole nitrogens is 1. The lowest BCUT2D eigenvalue weighted by molar-refractivity contribution is -0.385. The van der Waals surface area contributed by atoms with Gasteiger partial charge in [-0.05, 0) is 37.5 Å². The minimum atomic E-state index is -0.445. The highest BCUT2D eigenvalue weighted by atomic mass is 16.6. The van der Waals surface area contributed by atoms with Gasteiger partial charge in [-0.1, -0.05) is 30.3 Å². The molecule has 0 radical (unpaired) electrons. The second-order valence-corrected chi connectivity index (χ2v) is 7.14. The monoisotopic (exact) mass is 375 g/mol. The summed E-state index contributed by atoms with van der Waals surface area (Å²) in [5.74, 6) is -0.161. The molecule has 0 bridgehead atoms. The SMILES string of the molecule is Cc1c(C(=O)N2CC=C(c3c[nH]c4c(C)cccc34)CC2)cccc1[N+](=O)[O-]. The van der Waals surface area contributed by atoms with Crippen LogP contribution in [0.1, 0.15) is 33.5 Å². The van der Waals surface area contributed by atoms with Crippen LogP contribution in [-0.2, 0) is 0 Å². The van der Waals surface area contributed by atoms with E-state index in [4.69, 9.17) is 0 Å². The number of amides is 1. The van der Waals surface area contributed by atoms with Crippen LogP contribution >= 0.6 is 0 Å². The number of aromatic amines is 1. The van der Waals surface area contributed by atoms with Crippen molar-refractivity contribution in [2.45, 2.75) is 20.3 Å². The van der Waals surface area contributed by atoms with Crippen molar-refractivity contribution in [3.63, 3.8) is 0 Å².